The second kappa shape index (κ2) is 4.57. The molecule has 0 amide bonds. The molecule has 1 heterocycles. The Balaban J connectivity index is 2.17. The number of hydrogen-bond donors (Lipinski definition) is 1. The summed E-state index contributed by atoms with van der Waals surface area (Å²) < 4.78 is 5.56. The Morgan fingerprint density at radius 2 is 1.95 bits per heavy atom. The van der Waals surface area contributed by atoms with Gasteiger partial charge in [0.1, 0.15) is 0 Å². The van der Waals surface area contributed by atoms with E-state index in [1.165, 1.54) is 12.8 Å². The van der Waals surface area contributed by atoms with Crippen molar-refractivity contribution in [1.29, 1.82) is 0 Å². The van der Waals surface area contributed by atoms with E-state index >= 15 is 0 Å². The lowest BCUT2D eigenvalue weighted by atomic mass is 9.82. The molecule has 0 spiro atoms. The van der Waals surface area contributed by atoms with Crippen LogP contribution in [0.1, 0.15) is 38.4 Å². The maximum Gasteiger partial charge on any atom is 0.175 e. The van der Waals surface area contributed by atoms with Gasteiger partial charge >= 0.3 is 0 Å². The zero-order chi connectivity index (χ0) is 13.5. The third-order valence-corrected chi connectivity index (χ3v) is 4.45. The fourth-order valence-corrected chi connectivity index (χ4v) is 3.25. The van der Waals surface area contributed by atoms with E-state index in [2.05, 4.69) is 12.1 Å². The number of halogens is 1. The Kier molecular flexibility index (Phi) is 3.02. The fourth-order valence-electron chi connectivity index (χ4n) is 3.02. The Morgan fingerprint density at radius 1 is 1.26 bits per heavy atom. The highest BCUT2D eigenvalue weighted by atomic mass is 35.5. The van der Waals surface area contributed by atoms with Crippen LogP contribution < -0.4 is 5.73 Å². The predicted octanol–water partition coefficient (Wildman–Crippen LogP) is 4.41. The Hall–Kier alpha value is -1.48. The van der Waals surface area contributed by atoms with Gasteiger partial charge in [0.25, 0.3) is 0 Å². The molecule has 1 saturated carbocycles. The van der Waals surface area contributed by atoms with Gasteiger partial charge in [-0.2, -0.15) is 0 Å². The lowest BCUT2D eigenvalue weighted by Crippen LogP contribution is -2.17. The molecule has 0 aliphatic heterocycles. The summed E-state index contributed by atoms with van der Waals surface area (Å²) in [5.74, 6) is 1.31. The van der Waals surface area contributed by atoms with Crippen LogP contribution in [0, 0.1) is 0 Å². The molecule has 1 fully saturated rings. The van der Waals surface area contributed by atoms with Crippen molar-refractivity contribution in [1.82, 2.24) is 5.16 Å². The first kappa shape index (κ1) is 12.5. The van der Waals surface area contributed by atoms with E-state index in [1.807, 2.05) is 24.3 Å². The number of aromatic nitrogens is 1. The Bertz CT molecular complexity index is 600. The van der Waals surface area contributed by atoms with Gasteiger partial charge in [-0.25, -0.2) is 0 Å². The molecule has 2 N–H and O–H groups in total. The average Bonchev–Trinajstić information content (AvgIpc) is 2.98. The summed E-state index contributed by atoms with van der Waals surface area (Å²) >= 11 is 6.29. The third-order valence-electron chi connectivity index (χ3n) is 4.12. The van der Waals surface area contributed by atoms with Crippen LogP contribution in [0.2, 0.25) is 5.02 Å². The summed E-state index contributed by atoms with van der Waals surface area (Å²) in [5.41, 5.74) is 7.81. The minimum absolute atomic E-state index is 0.0269. The molecular weight excluding hydrogens is 260 g/mol. The molecule has 0 radical (unpaired) electrons. The summed E-state index contributed by atoms with van der Waals surface area (Å²) in [6, 6.07) is 7.69. The van der Waals surface area contributed by atoms with Gasteiger partial charge in [-0.05, 0) is 18.9 Å². The molecule has 0 bridgehead atoms. The molecule has 0 atom stereocenters. The van der Waals surface area contributed by atoms with E-state index in [-0.39, 0.29) is 5.41 Å². The van der Waals surface area contributed by atoms with Gasteiger partial charge in [0, 0.05) is 16.0 Å². The van der Waals surface area contributed by atoms with Gasteiger partial charge in [-0.3, -0.25) is 0 Å². The molecule has 1 aliphatic carbocycles. The molecule has 0 unspecified atom stereocenters. The number of nitrogens with two attached hydrogens (primary N) is 1. The van der Waals surface area contributed by atoms with Gasteiger partial charge in [-0.1, -0.05) is 54.7 Å². The van der Waals surface area contributed by atoms with E-state index in [0.717, 1.165) is 29.7 Å². The van der Waals surface area contributed by atoms with Crippen molar-refractivity contribution < 1.29 is 4.52 Å². The number of benzene rings is 1. The van der Waals surface area contributed by atoms with Gasteiger partial charge in [0.2, 0.25) is 0 Å². The lowest BCUT2D eigenvalue weighted by Gasteiger charge is -2.21. The van der Waals surface area contributed by atoms with E-state index in [9.17, 15) is 0 Å². The topological polar surface area (TPSA) is 52.0 Å². The van der Waals surface area contributed by atoms with E-state index < -0.39 is 0 Å². The zero-order valence-corrected chi connectivity index (χ0v) is 11.7. The van der Waals surface area contributed by atoms with Crippen LogP contribution in [0.15, 0.2) is 28.8 Å². The number of nitrogens with zero attached hydrogens (tertiary/aromatic N) is 1. The lowest BCUT2D eigenvalue weighted by molar-refractivity contribution is 0.307. The average molecular weight is 277 g/mol. The molecule has 1 aromatic carbocycles. The molecule has 1 aromatic heterocycles. The summed E-state index contributed by atoms with van der Waals surface area (Å²) in [7, 11) is 0. The highest BCUT2D eigenvalue weighted by Crippen LogP contribution is 2.47. The van der Waals surface area contributed by atoms with Crippen molar-refractivity contribution >= 4 is 17.4 Å². The maximum atomic E-state index is 6.29. The van der Waals surface area contributed by atoms with Gasteiger partial charge in [0.15, 0.2) is 11.6 Å². The van der Waals surface area contributed by atoms with E-state index in [0.29, 0.717) is 10.8 Å². The molecule has 4 heteroatoms. The Morgan fingerprint density at radius 3 is 2.63 bits per heavy atom. The van der Waals surface area contributed by atoms with E-state index in [4.69, 9.17) is 21.9 Å². The highest BCUT2D eigenvalue weighted by Gasteiger charge is 2.38. The van der Waals surface area contributed by atoms with Crippen LogP contribution in [0.4, 0.5) is 5.82 Å². The highest BCUT2D eigenvalue weighted by molar-refractivity contribution is 6.33. The van der Waals surface area contributed by atoms with Crippen LogP contribution in [-0.4, -0.2) is 5.16 Å². The molecule has 100 valence electrons. The normalized spacial score (nSPS) is 17.8. The predicted molar refractivity (Wildman–Crippen MR) is 77.2 cm³/mol. The summed E-state index contributed by atoms with van der Waals surface area (Å²) in [6.07, 6.45) is 4.66. The summed E-state index contributed by atoms with van der Waals surface area (Å²) in [6.45, 7) is 2.22. The quantitative estimate of drug-likeness (QED) is 0.884. The van der Waals surface area contributed by atoms with Crippen LogP contribution in [0.25, 0.3) is 11.1 Å². The van der Waals surface area contributed by atoms with E-state index in [1.54, 1.807) is 0 Å². The number of rotatable bonds is 2. The number of anilines is 1. The smallest absolute Gasteiger partial charge is 0.175 e. The minimum Gasteiger partial charge on any atom is -0.380 e. The largest absolute Gasteiger partial charge is 0.380 e. The SMILES string of the molecule is CC1(c2onc(N)c2-c2ccccc2Cl)CCCC1. The monoisotopic (exact) mass is 276 g/mol. The van der Waals surface area contributed by atoms with Crippen molar-refractivity contribution in [2.45, 2.75) is 38.0 Å². The summed E-state index contributed by atoms with van der Waals surface area (Å²) in [4.78, 5) is 0. The molecular formula is C15H17ClN2O. The molecule has 3 nitrogen and oxygen atoms in total. The second-order valence-electron chi connectivity index (χ2n) is 5.52. The van der Waals surface area contributed by atoms with Crippen molar-refractivity contribution in [3.05, 3.63) is 35.0 Å². The molecule has 0 saturated heterocycles. The first-order chi connectivity index (χ1) is 9.12. The first-order valence-electron chi connectivity index (χ1n) is 6.62. The van der Waals surface area contributed by atoms with Crippen LogP contribution in [-0.2, 0) is 5.41 Å². The van der Waals surface area contributed by atoms with Crippen molar-refractivity contribution in [2.75, 3.05) is 5.73 Å². The van der Waals surface area contributed by atoms with Crippen LogP contribution in [0.5, 0.6) is 0 Å². The number of hydrogen-bond acceptors (Lipinski definition) is 3. The zero-order valence-electron chi connectivity index (χ0n) is 10.9. The van der Waals surface area contributed by atoms with Crippen LogP contribution >= 0.6 is 11.6 Å². The first-order valence-corrected chi connectivity index (χ1v) is 7.00. The Labute approximate surface area is 117 Å². The third kappa shape index (κ3) is 2.02. The van der Waals surface area contributed by atoms with Crippen molar-refractivity contribution in [3.8, 4) is 11.1 Å². The number of nitrogen functional groups attached to an aromatic ring is 1. The van der Waals surface area contributed by atoms with Gasteiger partial charge < -0.3 is 10.3 Å². The standard InChI is InChI=1S/C15H17ClN2O/c1-15(8-4-5-9-15)13-12(14(17)18-19-13)10-6-2-3-7-11(10)16/h2-3,6-7H,4-5,8-9H2,1H3,(H2,17,18). The van der Waals surface area contributed by atoms with Gasteiger partial charge in [0.05, 0.1) is 5.56 Å². The van der Waals surface area contributed by atoms with Crippen molar-refractivity contribution in [3.63, 3.8) is 0 Å². The van der Waals surface area contributed by atoms with Crippen molar-refractivity contribution in [2.24, 2.45) is 0 Å². The second-order valence-corrected chi connectivity index (χ2v) is 5.93. The molecule has 1 aliphatic rings. The van der Waals surface area contributed by atoms with Crippen LogP contribution in [0.3, 0.4) is 0 Å². The summed E-state index contributed by atoms with van der Waals surface area (Å²) in [5, 5.41) is 4.65. The molecule has 2 aromatic rings. The maximum absolute atomic E-state index is 6.29. The van der Waals surface area contributed by atoms with Gasteiger partial charge in [-0.15, -0.1) is 0 Å². The molecule has 19 heavy (non-hydrogen) atoms. The minimum atomic E-state index is 0.0269. The fraction of sp³-hybridized carbons (Fsp3) is 0.400. The molecule has 3 rings (SSSR count).